The summed E-state index contributed by atoms with van der Waals surface area (Å²) in [4.78, 5) is 48.4. The Morgan fingerprint density at radius 2 is 1.96 bits per heavy atom. The van der Waals surface area contributed by atoms with Crippen LogP contribution >= 0.6 is 0 Å². The molecule has 1 fully saturated rings. The topological polar surface area (TPSA) is 126 Å². The SMILES string of the molecule is CO[C@@H]1OC[C@@H](OC(C)=O)[C@@H](OC(C)=O)[C@]1(F)CCn1cc(C)c(=O)[nH]c1=O. The van der Waals surface area contributed by atoms with Gasteiger partial charge >= 0.3 is 17.6 Å². The molecule has 1 aliphatic heterocycles. The zero-order chi connectivity index (χ0) is 21.1. The average molecular weight is 402 g/mol. The predicted molar refractivity (Wildman–Crippen MR) is 92.4 cm³/mol. The lowest BCUT2D eigenvalue weighted by Crippen LogP contribution is -2.63. The first-order chi connectivity index (χ1) is 13.1. The van der Waals surface area contributed by atoms with Gasteiger partial charge in [0.25, 0.3) is 5.56 Å². The highest BCUT2D eigenvalue weighted by Crippen LogP contribution is 2.37. The van der Waals surface area contributed by atoms with Gasteiger partial charge in [0.05, 0.1) is 6.61 Å². The first-order valence-electron chi connectivity index (χ1n) is 8.56. The molecule has 2 rings (SSSR count). The van der Waals surface area contributed by atoms with Gasteiger partial charge in [-0.2, -0.15) is 0 Å². The van der Waals surface area contributed by atoms with Crippen LogP contribution in [0, 0.1) is 6.92 Å². The van der Waals surface area contributed by atoms with Crippen LogP contribution in [0.2, 0.25) is 0 Å². The summed E-state index contributed by atoms with van der Waals surface area (Å²) in [5.74, 6) is -1.48. The Balaban J connectivity index is 2.36. The third-order valence-electron chi connectivity index (χ3n) is 4.36. The summed E-state index contributed by atoms with van der Waals surface area (Å²) >= 11 is 0. The number of nitrogens with one attached hydrogen (secondary N) is 1. The Bertz CT molecular complexity index is 850. The normalized spacial score (nSPS) is 27.2. The number of aromatic amines is 1. The molecule has 0 aliphatic carbocycles. The van der Waals surface area contributed by atoms with Gasteiger partial charge in [-0.25, -0.2) is 9.18 Å². The van der Waals surface area contributed by atoms with Gasteiger partial charge in [0.15, 0.2) is 18.5 Å². The summed E-state index contributed by atoms with van der Waals surface area (Å²) in [7, 11) is 1.21. The fourth-order valence-electron chi connectivity index (χ4n) is 3.11. The molecule has 28 heavy (non-hydrogen) atoms. The highest BCUT2D eigenvalue weighted by Gasteiger charge is 2.57. The number of rotatable bonds is 6. The number of esters is 2. The second-order valence-electron chi connectivity index (χ2n) is 6.52. The Kier molecular flexibility index (Phi) is 6.73. The molecule has 1 aromatic heterocycles. The Labute approximate surface area is 159 Å². The van der Waals surface area contributed by atoms with Crippen LogP contribution < -0.4 is 11.2 Å². The Morgan fingerprint density at radius 1 is 1.32 bits per heavy atom. The smallest absolute Gasteiger partial charge is 0.328 e. The molecule has 0 saturated carbocycles. The van der Waals surface area contributed by atoms with Crippen LogP contribution in [0.15, 0.2) is 15.8 Å². The maximum atomic E-state index is 16.1. The van der Waals surface area contributed by atoms with Gasteiger partial charge in [0, 0.05) is 45.7 Å². The fraction of sp³-hybridized carbons (Fsp3) is 0.647. The minimum atomic E-state index is -2.43. The molecule has 2 heterocycles. The molecule has 0 spiro atoms. The average Bonchev–Trinajstić information content (AvgIpc) is 2.60. The molecule has 1 saturated heterocycles. The molecule has 4 atom stereocenters. The maximum Gasteiger partial charge on any atom is 0.328 e. The lowest BCUT2D eigenvalue weighted by atomic mass is 9.87. The summed E-state index contributed by atoms with van der Waals surface area (Å²) in [6, 6.07) is 0. The van der Waals surface area contributed by atoms with E-state index in [4.69, 9.17) is 18.9 Å². The molecule has 0 unspecified atom stereocenters. The molecule has 11 heteroatoms. The number of carbonyl (C=O) groups is 2. The van der Waals surface area contributed by atoms with Gasteiger partial charge < -0.3 is 23.5 Å². The first kappa shape index (κ1) is 21.8. The predicted octanol–water partition coefficient (Wildman–Crippen LogP) is -0.190. The molecular formula is C17H23FN2O8. The first-order valence-corrected chi connectivity index (χ1v) is 8.56. The molecule has 0 radical (unpaired) electrons. The zero-order valence-electron chi connectivity index (χ0n) is 16.0. The van der Waals surface area contributed by atoms with E-state index in [1.165, 1.54) is 20.2 Å². The van der Waals surface area contributed by atoms with Crippen LogP contribution in [0.3, 0.4) is 0 Å². The fourth-order valence-corrected chi connectivity index (χ4v) is 3.11. The number of aryl methyl sites for hydroxylation is 2. The summed E-state index contributed by atoms with van der Waals surface area (Å²) in [6.45, 7) is 3.31. The van der Waals surface area contributed by atoms with E-state index in [1.54, 1.807) is 0 Å². The molecular weight excluding hydrogens is 379 g/mol. The van der Waals surface area contributed by atoms with Crippen LogP contribution in [0.4, 0.5) is 4.39 Å². The van der Waals surface area contributed by atoms with Crippen molar-refractivity contribution in [1.82, 2.24) is 9.55 Å². The van der Waals surface area contributed by atoms with Crippen LogP contribution in [0.5, 0.6) is 0 Å². The van der Waals surface area contributed by atoms with Gasteiger partial charge in [-0.1, -0.05) is 0 Å². The highest BCUT2D eigenvalue weighted by atomic mass is 19.1. The summed E-state index contributed by atoms with van der Waals surface area (Å²) in [5.41, 5.74) is -3.42. The van der Waals surface area contributed by atoms with E-state index >= 15 is 4.39 Å². The van der Waals surface area contributed by atoms with Gasteiger partial charge in [0.2, 0.25) is 5.67 Å². The minimum Gasteiger partial charge on any atom is -0.456 e. The highest BCUT2D eigenvalue weighted by molar-refractivity contribution is 5.67. The van der Waals surface area contributed by atoms with Gasteiger partial charge in [-0.05, 0) is 6.92 Å². The van der Waals surface area contributed by atoms with Crippen LogP contribution in [0.25, 0.3) is 0 Å². The van der Waals surface area contributed by atoms with Crippen molar-refractivity contribution in [1.29, 1.82) is 0 Å². The second-order valence-corrected chi connectivity index (χ2v) is 6.52. The standard InChI is InChI=1S/C17H23FN2O8/c1-9-7-20(16(24)19-14(9)23)6-5-17(18)13(28-11(3)22)12(27-10(2)21)8-26-15(17)25-4/h7,12-13,15H,5-6,8H2,1-4H3,(H,19,23,24)/t12-,13-,15-,17-/m1/s1. The molecule has 1 N–H and O–H groups in total. The zero-order valence-corrected chi connectivity index (χ0v) is 16.0. The van der Waals surface area contributed by atoms with Crippen molar-refractivity contribution in [2.75, 3.05) is 13.7 Å². The van der Waals surface area contributed by atoms with E-state index in [-0.39, 0.29) is 25.1 Å². The van der Waals surface area contributed by atoms with Crippen LogP contribution in [-0.4, -0.2) is 59.4 Å². The molecule has 1 aromatic rings. The number of halogens is 1. The third-order valence-corrected chi connectivity index (χ3v) is 4.36. The van der Waals surface area contributed by atoms with Crippen molar-refractivity contribution < 1.29 is 32.9 Å². The third kappa shape index (κ3) is 4.65. The van der Waals surface area contributed by atoms with Crippen molar-refractivity contribution in [3.05, 3.63) is 32.6 Å². The largest absolute Gasteiger partial charge is 0.456 e. The minimum absolute atomic E-state index is 0.180. The Hall–Kier alpha value is -2.53. The quantitative estimate of drug-likeness (QED) is 0.649. The lowest BCUT2D eigenvalue weighted by Gasteiger charge is -2.44. The van der Waals surface area contributed by atoms with Crippen molar-refractivity contribution >= 4 is 11.9 Å². The van der Waals surface area contributed by atoms with Crippen molar-refractivity contribution in [2.45, 2.75) is 57.9 Å². The maximum absolute atomic E-state index is 16.1. The molecule has 0 bridgehead atoms. The number of alkyl halides is 1. The van der Waals surface area contributed by atoms with Crippen molar-refractivity contribution in [2.24, 2.45) is 0 Å². The van der Waals surface area contributed by atoms with Crippen molar-refractivity contribution in [3.8, 4) is 0 Å². The number of ether oxygens (including phenoxy) is 4. The van der Waals surface area contributed by atoms with Gasteiger partial charge in [0.1, 0.15) is 0 Å². The van der Waals surface area contributed by atoms with E-state index < -0.39 is 47.4 Å². The number of aromatic nitrogens is 2. The summed E-state index contributed by atoms with van der Waals surface area (Å²) < 4.78 is 37.7. The molecule has 1 aliphatic rings. The Morgan fingerprint density at radius 3 is 2.54 bits per heavy atom. The van der Waals surface area contributed by atoms with E-state index in [0.717, 1.165) is 18.4 Å². The summed E-state index contributed by atoms with van der Waals surface area (Å²) in [6.07, 6.45) is -3.21. The lowest BCUT2D eigenvalue weighted by molar-refractivity contribution is -0.293. The second kappa shape index (κ2) is 8.65. The molecule has 156 valence electrons. The van der Waals surface area contributed by atoms with Gasteiger partial charge in [-0.15, -0.1) is 0 Å². The number of nitrogens with zero attached hydrogens (tertiary/aromatic N) is 1. The van der Waals surface area contributed by atoms with E-state index in [2.05, 4.69) is 4.98 Å². The van der Waals surface area contributed by atoms with Crippen LogP contribution in [-0.2, 0) is 35.1 Å². The van der Waals surface area contributed by atoms with Crippen molar-refractivity contribution in [3.63, 3.8) is 0 Å². The van der Waals surface area contributed by atoms with Crippen LogP contribution in [0.1, 0.15) is 25.8 Å². The number of carbonyl (C=O) groups excluding carboxylic acids is 2. The molecule has 0 amide bonds. The van der Waals surface area contributed by atoms with E-state index in [1.807, 2.05) is 0 Å². The summed E-state index contributed by atoms with van der Waals surface area (Å²) in [5, 5.41) is 0. The number of hydrogen-bond donors (Lipinski definition) is 1. The number of hydrogen-bond acceptors (Lipinski definition) is 8. The monoisotopic (exact) mass is 402 g/mol. The molecule has 0 aromatic carbocycles. The number of H-pyrrole nitrogens is 1. The van der Waals surface area contributed by atoms with Gasteiger partial charge in [-0.3, -0.25) is 19.4 Å². The van der Waals surface area contributed by atoms with E-state index in [9.17, 15) is 19.2 Å². The number of methoxy groups -OCH3 is 1. The van der Waals surface area contributed by atoms with E-state index in [0.29, 0.717) is 0 Å². The molecule has 10 nitrogen and oxygen atoms in total.